The third-order valence-electron chi connectivity index (χ3n) is 3.94. The van der Waals surface area contributed by atoms with Crippen LogP contribution >= 0.6 is 0 Å². The van der Waals surface area contributed by atoms with Crippen molar-refractivity contribution in [1.29, 1.82) is 0 Å². The average molecular weight is 367 g/mol. The number of piperidine rings is 1. The predicted molar refractivity (Wildman–Crippen MR) is 94.3 cm³/mol. The lowest BCUT2D eigenvalue weighted by Crippen LogP contribution is -2.44. The lowest BCUT2D eigenvalue weighted by atomic mass is 9.97. The highest BCUT2D eigenvalue weighted by Crippen LogP contribution is 2.20. The third-order valence-corrected chi connectivity index (χ3v) is 5.70. The van der Waals surface area contributed by atoms with Crippen LogP contribution in [0.15, 0.2) is 29.2 Å². The lowest BCUT2D eigenvalue weighted by Gasteiger charge is -2.31. The van der Waals surface area contributed by atoms with Crippen molar-refractivity contribution in [2.45, 2.75) is 44.0 Å². The van der Waals surface area contributed by atoms with Crippen molar-refractivity contribution in [3.8, 4) is 0 Å². The van der Waals surface area contributed by atoms with Gasteiger partial charge in [0.1, 0.15) is 0 Å². The Hall–Kier alpha value is -1.93. The van der Waals surface area contributed by atoms with Crippen LogP contribution in [-0.4, -0.2) is 43.8 Å². The molecule has 138 valence electrons. The number of hydrogen-bond donors (Lipinski definition) is 2. The molecule has 25 heavy (non-hydrogen) atoms. The molecule has 0 unspecified atom stereocenters. The van der Waals surface area contributed by atoms with Gasteiger partial charge in [0.15, 0.2) is 0 Å². The molecule has 1 saturated heterocycles. The van der Waals surface area contributed by atoms with Crippen molar-refractivity contribution in [2.24, 2.45) is 11.7 Å². The Morgan fingerprint density at radius 2 is 1.96 bits per heavy atom. The first-order chi connectivity index (χ1) is 11.5. The number of nitrogens with two attached hydrogens (primary N) is 1. The maximum Gasteiger partial charge on any atom is 0.253 e. The van der Waals surface area contributed by atoms with Gasteiger partial charge in [0.05, 0.1) is 10.8 Å². The highest BCUT2D eigenvalue weighted by Gasteiger charge is 2.28. The largest absolute Gasteiger partial charge is 0.369 e. The maximum atomic E-state index is 12.7. The van der Waals surface area contributed by atoms with Gasteiger partial charge < -0.3 is 10.6 Å². The van der Waals surface area contributed by atoms with E-state index in [-0.39, 0.29) is 28.8 Å². The van der Waals surface area contributed by atoms with Crippen molar-refractivity contribution in [3.63, 3.8) is 0 Å². The van der Waals surface area contributed by atoms with E-state index in [1.54, 1.807) is 37.8 Å². The Morgan fingerprint density at radius 1 is 1.28 bits per heavy atom. The van der Waals surface area contributed by atoms with Gasteiger partial charge in [-0.05, 0) is 51.8 Å². The Balaban J connectivity index is 2.23. The monoisotopic (exact) mass is 367 g/mol. The van der Waals surface area contributed by atoms with E-state index in [9.17, 15) is 18.0 Å². The molecule has 1 aliphatic heterocycles. The summed E-state index contributed by atoms with van der Waals surface area (Å²) < 4.78 is 27.5. The topological polar surface area (TPSA) is 110 Å². The molecule has 1 heterocycles. The van der Waals surface area contributed by atoms with E-state index in [0.29, 0.717) is 19.4 Å². The zero-order valence-corrected chi connectivity index (χ0v) is 15.6. The van der Waals surface area contributed by atoms with E-state index in [4.69, 9.17) is 5.73 Å². The summed E-state index contributed by atoms with van der Waals surface area (Å²) in [7, 11) is -3.72. The number of likely N-dealkylation sites (tertiary alicyclic amines) is 1. The fourth-order valence-corrected chi connectivity index (χ4v) is 4.30. The van der Waals surface area contributed by atoms with Crippen LogP contribution in [0.25, 0.3) is 0 Å². The molecular weight excluding hydrogens is 342 g/mol. The van der Waals surface area contributed by atoms with Gasteiger partial charge >= 0.3 is 0 Å². The SMILES string of the molecule is CC(C)(C)NS(=O)(=O)c1cccc(C(=O)N2CCC[C@@H](C(N)=O)C2)c1. The number of benzene rings is 1. The summed E-state index contributed by atoms with van der Waals surface area (Å²) in [5, 5.41) is 0. The molecule has 0 aliphatic carbocycles. The molecule has 1 atom stereocenters. The standard InChI is InChI=1S/C17H25N3O4S/c1-17(2,3)19-25(23,24)14-8-4-6-12(10-14)16(22)20-9-5-7-13(11-20)15(18)21/h4,6,8,10,13,19H,5,7,9,11H2,1-3H3,(H2,18,21)/t13-/m1/s1. The van der Waals surface area contributed by atoms with Crippen molar-refractivity contribution in [1.82, 2.24) is 9.62 Å². The summed E-state index contributed by atoms with van der Waals surface area (Å²) in [6, 6.07) is 5.93. The third kappa shape index (κ3) is 5.02. The molecule has 1 aromatic rings. The zero-order valence-electron chi connectivity index (χ0n) is 14.8. The van der Waals surface area contributed by atoms with Crippen LogP contribution in [0.3, 0.4) is 0 Å². The molecule has 1 aromatic carbocycles. The molecule has 7 nitrogen and oxygen atoms in total. The predicted octanol–water partition coefficient (Wildman–Crippen LogP) is 1.10. The number of carbonyl (C=O) groups excluding carboxylic acids is 2. The van der Waals surface area contributed by atoms with Gasteiger partial charge in [-0.2, -0.15) is 0 Å². The molecule has 8 heteroatoms. The number of carbonyl (C=O) groups is 2. The number of amides is 2. The van der Waals surface area contributed by atoms with Gasteiger partial charge in [-0.25, -0.2) is 13.1 Å². The molecule has 0 bridgehead atoms. The minimum absolute atomic E-state index is 0.0386. The van der Waals surface area contributed by atoms with Crippen LogP contribution in [-0.2, 0) is 14.8 Å². The summed E-state index contributed by atoms with van der Waals surface area (Å²) in [4.78, 5) is 25.7. The van der Waals surface area contributed by atoms with Crippen molar-refractivity contribution >= 4 is 21.8 Å². The number of nitrogens with one attached hydrogen (secondary N) is 1. The summed E-state index contributed by atoms with van der Waals surface area (Å²) in [5.41, 5.74) is 5.00. The molecule has 2 amide bonds. The second-order valence-corrected chi connectivity index (χ2v) is 9.06. The van der Waals surface area contributed by atoms with E-state index in [1.807, 2.05) is 0 Å². The smallest absolute Gasteiger partial charge is 0.253 e. The molecule has 0 saturated carbocycles. The van der Waals surface area contributed by atoms with Gasteiger partial charge in [0.2, 0.25) is 15.9 Å². The van der Waals surface area contributed by atoms with Crippen molar-refractivity contribution in [3.05, 3.63) is 29.8 Å². The normalized spacial score (nSPS) is 18.8. The summed E-state index contributed by atoms with van der Waals surface area (Å²) in [6.45, 7) is 6.04. The average Bonchev–Trinajstić information content (AvgIpc) is 2.52. The second kappa shape index (κ2) is 7.13. The minimum Gasteiger partial charge on any atom is -0.369 e. The highest BCUT2D eigenvalue weighted by molar-refractivity contribution is 7.89. The zero-order chi connectivity index (χ0) is 18.8. The molecule has 1 fully saturated rings. The van der Waals surface area contributed by atoms with E-state index < -0.39 is 21.5 Å². The van der Waals surface area contributed by atoms with E-state index in [1.165, 1.54) is 12.1 Å². The quantitative estimate of drug-likeness (QED) is 0.830. The molecular formula is C17H25N3O4S. The van der Waals surface area contributed by atoms with Gasteiger partial charge in [-0.1, -0.05) is 6.07 Å². The number of primary amides is 1. The van der Waals surface area contributed by atoms with Crippen LogP contribution in [0.4, 0.5) is 0 Å². The van der Waals surface area contributed by atoms with Crippen LogP contribution in [0.1, 0.15) is 44.0 Å². The lowest BCUT2D eigenvalue weighted by molar-refractivity contribution is -0.123. The van der Waals surface area contributed by atoms with Crippen LogP contribution in [0.2, 0.25) is 0 Å². The summed E-state index contributed by atoms with van der Waals surface area (Å²) in [6.07, 6.45) is 1.37. The molecule has 2 rings (SSSR count). The molecule has 0 aromatic heterocycles. The van der Waals surface area contributed by atoms with Crippen LogP contribution < -0.4 is 10.5 Å². The minimum atomic E-state index is -3.72. The Kier molecular flexibility index (Phi) is 5.53. The fourth-order valence-electron chi connectivity index (χ4n) is 2.83. The number of hydrogen-bond acceptors (Lipinski definition) is 4. The van der Waals surface area contributed by atoms with Gasteiger partial charge in [-0.3, -0.25) is 9.59 Å². The highest BCUT2D eigenvalue weighted by atomic mass is 32.2. The number of sulfonamides is 1. The van der Waals surface area contributed by atoms with Crippen LogP contribution in [0.5, 0.6) is 0 Å². The van der Waals surface area contributed by atoms with Gasteiger partial charge in [0, 0.05) is 24.2 Å². The molecule has 1 aliphatic rings. The first-order valence-corrected chi connectivity index (χ1v) is 9.70. The second-order valence-electron chi connectivity index (χ2n) is 7.38. The van der Waals surface area contributed by atoms with Gasteiger partial charge in [-0.15, -0.1) is 0 Å². The summed E-state index contributed by atoms with van der Waals surface area (Å²) in [5.74, 6) is -1.06. The molecule has 0 spiro atoms. The van der Waals surface area contributed by atoms with Gasteiger partial charge in [0.25, 0.3) is 5.91 Å². The Bertz CT molecular complexity index is 768. The Labute approximate surface area is 148 Å². The van der Waals surface area contributed by atoms with E-state index in [0.717, 1.165) is 0 Å². The molecule has 0 radical (unpaired) electrons. The van der Waals surface area contributed by atoms with Crippen LogP contribution in [0, 0.1) is 5.92 Å². The summed E-state index contributed by atoms with van der Waals surface area (Å²) >= 11 is 0. The van der Waals surface area contributed by atoms with Crippen molar-refractivity contribution < 1.29 is 18.0 Å². The van der Waals surface area contributed by atoms with E-state index in [2.05, 4.69) is 4.72 Å². The first-order valence-electron chi connectivity index (χ1n) is 8.22. The van der Waals surface area contributed by atoms with Crippen molar-refractivity contribution in [2.75, 3.05) is 13.1 Å². The first kappa shape index (κ1) is 19.4. The number of rotatable bonds is 4. The maximum absolute atomic E-state index is 12.7. The molecule has 3 N–H and O–H groups in total. The Morgan fingerprint density at radius 3 is 2.56 bits per heavy atom. The van der Waals surface area contributed by atoms with E-state index >= 15 is 0 Å². The number of nitrogens with zero attached hydrogens (tertiary/aromatic N) is 1. The fraction of sp³-hybridized carbons (Fsp3) is 0.529.